The van der Waals surface area contributed by atoms with Crippen molar-refractivity contribution in [2.75, 3.05) is 6.54 Å². The summed E-state index contributed by atoms with van der Waals surface area (Å²) in [4.78, 5) is 12.3. The molecule has 1 fully saturated rings. The molecule has 2 aromatic carbocycles. The number of nitrogens with two attached hydrogens (primary N) is 1. The standard InChI is InChI=1S/C20H24N2O/c21-18(16-8-3-1-4-9-16)14-19(23)22-15-20(12-7-13-20)17-10-5-2-6-11-17/h1-6,8-11,18H,7,12-15,21H2,(H,22,23). The van der Waals surface area contributed by atoms with Gasteiger partial charge in [0, 0.05) is 24.4 Å². The van der Waals surface area contributed by atoms with Crippen LogP contribution in [0.1, 0.15) is 42.9 Å². The van der Waals surface area contributed by atoms with Gasteiger partial charge in [-0.25, -0.2) is 0 Å². The molecule has 1 amide bonds. The maximum atomic E-state index is 12.3. The topological polar surface area (TPSA) is 55.1 Å². The normalized spacial score (nSPS) is 17.1. The summed E-state index contributed by atoms with van der Waals surface area (Å²) in [5.41, 5.74) is 8.59. The van der Waals surface area contributed by atoms with Crippen LogP contribution in [0.25, 0.3) is 0 Å². The number of carbonyl (C=O) groups is 1. The van der Waals surface area contributed by atoms with Crippen LogP contribution in [0, 0.1) is 0 Å². The first kappa shape index (κ1) is 15.8. The Morgan fingerprint density at radius 3 is 2.22 bits per heavy atom. The van der Waals surface area contributed by atoms with Gasteiger partial charge < -0.3 is 11.1 Å². The molecule has 2 aromatic rings. The highest BCUT2D eigenvalue weighted by molar-refractivity contribution is 5.77. The first-order chi connectivity index (χ1) is 11.2. The second-order valence-electron chi connectivity index (χ2n) is 6.50. The molecule has 0 spiro atoms. The van der Waals surface area contributed by atoms with Crippen molar-refractivity contribution in [3.63, 3.8) is 0 Å². The minimum absolute atomic E-state index is 0.0311. The van der Waals surface area contributed by atoms with Gasteiger partial charge in [-0.15, -0.1) is 0 Å². The molecular weight excluding hydrogens is 284 g/mol. The quantitative estimate of drug-likeness (QED) is 0.860. The molecule has 0 heterocycles. The molecule has 0 saturated heterocycles. The molecule has 3 rings (SSSR count). The summed E-state index contributed by atoms with van der Waals surface area (Å²) in [5.74, 6) is 0.0311. The Labute approximate surface area is 137 Å². The molecule has 1 aliphatic carbocycles. The van der Waals surface area contributed by atoms with Gasteiger partial charge in [0.1, 0.15) is 0 Å². The second-order valence-corrected chi connectivity index (χ2v) is 6.50. The largest absolute Gasteiger partial charge is 0.355 e. The predicted molar refractivity (Wildman–Crippen MR) is 93.0 cm³/mol. The Morgan fingerprint density at radius 2 is 1.65 bits per heavy atom. The van der Waals surface area contributed by atoms with Crippen molar-refractivity contribution in [3.05, 3.63) is 71.8 Å². The van der Waals surface area contributed by atoms with E-state index in [1.165, 1.54) is 12.0 Å². The molecule has 1 aliphatic rings. The third-order valence-electron chi connectivity index (χ3n) is 4.95. The number of hydrogen-bond donors (Lipinski definition) is 2. The van der Waals surface area contributed by atoms with E-state index in [2.05, 4.69) is 29.6 Å². The summed E-state index contributed by atoms with van der Waals surface area (Å²) in [5, 5.41) is 3.11. The first-order valence-electron chi connectivity index (χ1n) is 8.32. The number of rotatable bonds is 6. The molecule has 1 atom stereocenters. The van der Waals surface area contributed by atoms with Crippen LogP contribution < -0.4 is 11.1 Å². The third-order valence-corrected chi connectivity index (χ3v) is 4.95. The van der Waals surface area contributed by atoms with E-state index in [1.54, 1.807) is 0 Å². The molecule has 0 aromatic heterocycles. The third kappa shape index (κ3) is 3.62. The molecular formula is C20H24N2O. The predicted octanol–water partition coefficient (Wildman–Crippen LogP) is 3.31. The summed E-state index contributed by atoms with van der Waals surface area (Å²) in [6.07, 6.45) is 3.84. The van der Waals surface area contributed by atoms with Crippen molar-refractivity contribution in [1.82, 2.24) is 5.32 Å². The number of nitrogens with one attached hydrogen (secondary N) is 1. The van der Waals surface area contributed by atoms with E-state index in [9.17, 15) is 4.79 Å². The SMILES string of the molecule is NC(CC(=O)NCC1(c2ccccc2)CCC1)c1ccccc1. The molecule has 1 saturated carbocycles. The van der Waals surface area contributed by atoms with Crippen molar-refractivity contribution in [1.29, 1.82) is 0 Å². The van der Waals surface area contributed by atoms with Gasteiger partial charge in [0.2, 0.25) is 5.91 Å². The van der Waals surface area contributed by atoms with Crippen molar-refractivity contribution < 1.29 is 4.79 Å². The molecule has 0 aliphatic heterocycles. The van der Waals surface area contributed by atoms with Gasteiger partial charge in [-0.3, -0.25) is 4.79 Å². The van der Waals surface area contributed by atoms with Gasteiger partial charge in [0.25, 0.3) is 0 Å². The lowest BCUT2D eigenvalue weighted by Crippen LogP contribution is -2.46. The smallest absolute Gasteiger partial charge is 0.221 e. The fraction of sp³-hybridized carbons (Fsp3) is 0.350. The lowest BCUT2D eigenvalue weighted by molar-refractivity contribution is -0.121. The fourth-order valence-electron chi connectivity index (χ4n) is 3.32. The molecule has 23 heavy (non-hydrogen) atoms. The monoisotopic (exact) mass is 308 g/mol. The molecule has 0 radical (unpaired) electrons. The van der Waals surface area contributed by atoms with Crippen molar-refractivity contribution in [3.8, 4) is 0 Å². The van der Waals surface area contributed by atoms with E-state index in [4.69, 9.17) is 5.73 Å². The molecule has 120 valence electrons. The van der Waals surface area contributed by atoms with E-state index in [-0.39, 0.29) is 17.4 Å². The Morgan fingerprint density at radius 1 is 1.04 bits per heavy atom. The molecule has 1 unspecified atom stereocenters. The highest BCUT2D eigenvalue weighted by atomic mass is 16.1. The van der Waals surface area contributed by atoms with Gasteiger partial charge in [-0.1, -0.05) is 67.1 Å². The summed E-state index contributed by atoms with van der Waals surface area (Å²) in [6, 6.07) is 20.1. The maximum absolute atomic E-state index is 12.3. The molecule has 3 heteroatoms. The highest BCUT2D eigenvalue weighted by Gasteiger charge is 2.38. The average Bonchev–Trinajstić information content (AvgIpc) is 2.55. The van der Waals surface area contributed by atoms with Gasteiger partial charge >= 0.3 is 0 Å². The number of benzene rings is 2. The Bertz CT molecular complexity index is 635. The zero-order valence-electron chi connectivity index (χ0n) is 13.4. The average molecular weight is 308 g/mol. The lowest BCUT2D eigenvalue weighted by atomic mass is 9.64. The Hall–Kier alpha value is -2.13. The van der Waals surface area contributed by atoms with E-state index >= 15 is 0 Å². The molecule has 0 bridgehead atoms. The van der Waals surface area contributed by atoms with E-state index in [0.717, 1.165) is 18.4 Å². The van der Waals surface area contributed by atoms with E-state index in [0.29, 0.717) is 13.0 Å². The highest BCUT2D eigenvalue weighted by Crippen LogP contribution is 2.43. The number of carbonyl (C=O) groups excluding carboxylic acids is 1. The van der Waals surface area contributed by atoms with Crippen molar-refractivity contribution >= 4 is 5.91 Å². The minimum Gasteiger partial charge on any atom is -0.355 e. The van der Waals surface area contributed by atoms with Crippen LogP contribution >= 0.6 is 0 Å². The maximum Gasteiger partial charge on any atom is 0.221 e. The van der Waals surface area contributed by atoms with Crippen LogP contribution in [0.4, 0.5) is 0 Å². The van der Waals surface area contributed by atoms with Crippen LogP contribution in [-0.2, 0) is 10.2 Å². The van der Waals surface area contributed by atoms with Gasteiger partial charge in [-0.2, -0.15) is 0 Å². The van der Waals surface area contributed by atoms with Crippen LogP contribution in [0.3, 0.4) is 0 Å². The van der Waals surface area contributed by atoms with Crippen LogP contribution in [0.2, 0.25) is 0 Å². The van der Waals surface area contributed by atoms with Crippen molar-refractivity contribution in [2.45, 2.75) is 37.1 Å². The van der Waals surface area contributed by atoms with Crippen LogP contribution in [-0.4, -0.2) is 12.5 Å². The Balaban J connectivity index is 1.56. The zero-order chi connectivity index (χ0) is 16.1. The number of hydrogen-bond acceptors (Lipinski definition) is 2. The number of amides is 1. The summed E-state index contributed by atoms with van der Waals surface area (Å²) in [6.45, 7) is 0.706. The molecule has 3 nitrogen and oxygen atoms in total. The molecule has 3 N–H and O–H groups in total. The van der Waals surface area contributed by atoms with Gasteiger partial charge in [0.05, 0.1) is 0 Å². The summed E-state index contributed by atoms with van der Waals surface area (Å²) >= 11 is 0. The van der Waals surface area contributed by atoms with Crippen LogP contribution in [0.5, 0.6) is 0 Å². The minimum atomic E-state index is -0.245. The summed E-state index contributed by atoms with van der Waals surface area (Å²) < 4.78 is 0. The van der Waals surface area contributed by atoms with Gasteiger partial charge in [-0.05, 0) is 24.0 Å². The first-order valence-corrected chi connectivity index (χ1v) is 8.32. The zero-order valence-corrected chi connectivity index (χ0v) is 13.4. The van der Waals surface area contributed by atoms with Gasteiger partial charge in [0.15, 0.2) is 0 Å². The van der Waals surface area contributed by atoms with E-state index in [1.807, 2.05) is 36.4 Å². The second kappa shape index (κ2) is 6.97. The van der Waals surface area contributed by atoms with Crippen LogP contribution in [0.15, 0.2) is 60.7 Å². The summed E-state index contributed by atoms with van der Waals surface area (Å²) in [7, 11) is 0. The van der Waals surface area contributed by atoms with E-state index < -0.39 is 0 Å². The fourth-order valence-corrected chi connectivity index (χ4v) is 3.32. The van der Waals surface area contributed by atoms with Crippen molar-refractivity contribution in [2.24, 2.45) is 5.73 Å². The Kier molecular flexibility index (Phi) is 4.77. The lowest BCUT2D eigenvalue weighted by Gasteiger charge is -2.42.